The number of nitrogens with zero attached hydrogens (tertiary/aromatic N) is 6. The fourth-order valence-electron chi connectivity index (χ4n) is 1.03. The lowest BCUT2D eigenvalue weighted by Gasteiger charge is -2.07. The monoisotopic (exact) mass is 278 g/mol. The van der Waals surface area contributed by atoms with Gasteiger partial charge >= 0.3 is 0 Å². The van der Waals surface area contributed by atoms with Crippen molar-refractivity contribution in [3.63, 3.8) is 0 Å². The summed E-state index contributed by atoms with van der Waals surface area (Å²) in [4.78, 5) is 14.1. The van der Waals surface area contributed by atoms with Gasteiger partial charge in [0.25, 0.3) is 0 Å². The Morgan fingerprint density at radius 2 is 2.10 bits per heavy atom. The van der Waals surface area contributed by atoms with Gasteiger partial charge in [0.05, 0.1) is 0 Å². The maximum atomic E-state index is 9.17. The molecule has 8 nitrogen and oxygen atoms in total. The number of rotatable bonds is 6. The van der Waals surface area contributed by atoms with Gasteiger partial charge in [-0.15, -0.1) is 0 Å². The highest BCUT2D eigenvalue weighted by Gasteiger charge is 2.15. The Hall–Kier alpha value is -2.43. The first kappa shape index (κ1) is 15.6. The van der Waals surface area contributed by atoms with E-state index in [9.17, 15) is 0 Å². The van der Waals surface area contributed by atoms with Crippen molar-refractivity contribution < 1.29 is 9.68 Å². The van der Waals surface area contributed by atoms with Crippen LogP contribution in [0.25, 0.3) is 0 Å². The largest absolute Gasteiger partial charge is 0.394 e. The Kier molecular flexibility index (Phi) is 6.16. The molecule has 108 valence electrons. The summed E-state index contributed by atoms with van der Waals surface area (Å²) in [6.45, 7) is 8.01. The van der Waals surface area contributed by atoms with Crippen LogP contribution >= 0.6 is 0 Å². The molecule has 0 aliphatic carbocycles. The van der Waals surface area contributed by atoms with Gasteiger partial charge in [0.15, 0.2) is 0 Å². The van der Waals surface area contributed by atoms with Gasteiger partial charge in [-0.05, 0) is 19.8 Å². The SMILES string of the molecule is CC(C)CON=C(C#N)C(=NOC(C)C)n1cncn1. The molecule has 0 bridgehead atoms. The van der Waals surface area contributed by atoms with Crippen LogP contribution in [0.3, 0.4) is 0 Å². The molecule has 8 heteroatoms. The van der Waals surface area contributed by atoms with Crippen molar-refractivity contribution >= 4 is 11.5 Å². The van der Waals surface area contributed by atoms with Crippen molar-refractivity contribution in [3.8, 4) is 6.07 Å². The highest BCUT2D eigenvalue weighted by molar-refractivity contribution is 6.47. The second-order valence-corrected chi connectivity index (χ2v) is 4.65. The lowest BCUT2D eigenvalue weighted by atomic mass is 10.2. The van der Waals surface area contributed by atoms with Crippen LogP contribution in [-0.2, 0) is 9.68 Å². The van der Waals surface area contributed by atoms with Gasteiger partial charge in [0, 0.05) is 0 Å². The molecule has 0 N–H and O–H groups in total. The van der Waals surface area contributed by atoms with Crippen LogP contribution in [0.4, 0.5) is 0 Å². The molecular formula is C12H18N6O2. The van der Waals surface area contributed by atoms with Gasteiger partial charge < -0.3 is 9.68 Å². The van der Waals surface area contributed by atoms with Gasteiger partial charge in [0.2, 0.25) is 11.5 Å². The molecule has 0 fully saturated rings. The maximum Gasteiger partial charge on any atom is 0.234 e. The zero-order valence-electron chi connectivity index (χ0n) is 12.0. The topological polar surface area (TPSA) is 97.7 Å². The molecule has 1 rings (SSSR count). The third kappa shape index (κ3) is 5.06. The minimum atomic E-state index is -0.134. The van der Waals surface area contributed by atoms with Crippen molar-refractivity contribution in [2.75, 3.05) is 6.61 Å². The number of hydrogen-bond donors (Lipinski definition) is 0. The van der Waals surface area contributed by atoms with Gasteiger partial charge in [-0.25, -0.2) is 4.98 Å². The molecule has 0 radical (unpaired) electrons. The Morgan fingerprint density at radius 1 is 1.35 bits per heavy atom. The first-order chi connectivity index (χ1) is 9.54. The quantitative estimate of drug-likeness (QED) is 0.445. The number of aromatic nitrogens is 3. The van der Waals surface area contributed by atoms with Crippen molar-refractivity contribution in [2.45, 2.75) is 33.8 Å². The molecule has 0 saturated carbocycles. The summed E-state index contributed by atoms with van der Waals surface area (Å²) in [6, 6.07) is 1.91. The third-order valence-electron chi connectivity index (χ3n) is 1.87. The fraction of sp³-hybridized carbons (Fsp3) is 0.583. The maximum absolute atomic E-state index is 9.17. The lowest BCUT2D eigenvalue weighted by Crippen LogP contribution is -2.24. The Bertz CT molecular complexity index is 499. The zero-order valence-corrected chi connectivity index (χ0v) is 12.0. The van der Waals surface area contributed by atoms with E-state index in [-0.39, 0.29) is 17.7 Å². The molecule has 1 aromatic heterocycles. The van der Waals surface area contributed by atoms with Crippen LogP contribution in [0.15, 0.2) is 23.0 Å². The van der Waals surface area contributed by atoms with Crippen LogP contribution < -0.4 is 0 Å². The van der Waals surface area contributed by atoms with E-state index in [4.69, 9.17) is 14.9 Å². The van der Waals surface area contributed by atoms with E-state index in [1.54, 1.807) is 0 Å². The summed E-state index contributed by atoms with van der Waals surface area (Å²) in [5, 5.41) is 20.7. The molecule has 0 saturated heterocycles. The zero-order chi connectivity index (χ0) is 15.0. The summed E-state index contributed by atoms with van der Waals surface area (Å²) < 4.78 is 1.29. The van der Waals surface area contributed by atoms with Crippen molar-refractivity contribution in [2.24, 2.45) is 16.2 Å². The van der Waals surface area contributed by atoms with Crippen molar-refractivity contribution in [1.29, 1.82) is 5.26 Å². The van der Waals surface area contributed by atoms with Gasteiger partial charge in [-0.3, -0.25) is 0 Å². The predicted octanol–water partition coefficient (Wildman–Crippen LogP) is 1.42. The van der Waals surface area contributed by atoms with Crippen LogP contribution in [0, 0.1) is 17.2 Å². The fourth-order valence-corrected chi connectivity index (χ4v) is 1.03. The molecule has 0 spiro atoms. The second kappa shape index (κ2) is 7.89. The average Bonchev–Trinajstić information content (AvgIpc) is 2.90. The summed E-state index contributed by atoms with van der Waals surface area (Å²) in [5.74, 6) is 0.430. The molecule has 1 aromatic rings. The first-order valence-corrected chi connectivity index (χ1v) is 6.23. The molecule has 0 atom stereocenters. The smallest absolute Gasteiger partial charge is 0.234 e. The predicted molar refractivity (Wildman–Crippen MR) is 72.9 cm³/mol. The van der Waals surface area contributed by atoms with Gasteiger partial charge in [0.1, 0.15) is 31.4 Å². The molecule has 20 heavy (non-hydrogen) atoms. The minimum absolute atomic E-state index is 0.0307. The van der Waals surface area contributed by atoms with E-state index >= 15 is 0 Å². The Balaban J connectivity index is 2.96. The minimum Gasteiger partial charge on any atom is -0.394 e. The van der Waals surface area contributed by atoms with E-state index in [1.165, 1.54) is 17.3 Å². The average molecular weight is 278 g/mol. The Morgan fingerprint density at radius 3 is 2.60 bits per heavy atom. The lowest BCUT2D eigenvalue weighted by molar-refractivity contribution is 0.0852. The van der Waals surface area contributed by atoms with Crippen LogP contribution in [-0.4, -0.2) is 39.0 Å². The second-order valence-electron chi connectivity index (χ2n) is 4.65. The summed E-state index contributed by atoms with van der Waals surface area (Å²) in [7, 11) is 0. The molecule has 0 aliphatic rings. The van der Waals surface area contributed by atoms with Crippen LogP contribution in [0.2, 0.25) is 0 Å². The third-order valence-corrected chi connectivity index (χ3v) is 1.87. The number of oxime groups is 2. The standard InChI is InChI=1S/C12H18N6O2/c1-9(2)6-19-16-11(5-13)12(17-20-10(3)4)18-8-14-7-15-18/h7-10H,6H2,1-4H3. The molecular weight excluding hydrogens is 260 g/mol. The van der Waals surface area contributed by atoms with E-state index < -0.39 is 0 Å². The summed E-state index contributed by atoms with van der Waals surface area (Å²) in [6.07, 6.45) is 2.59. The molecule has 0 aliphatic heterocycles. The van der Waals surface area contributed by atoms with Gasteiger partial charge in [-0.1, -0.05) is 24.2 Å². The van der Waals surface area contributed by atoms with E-state index in [2.05, 4.69) is 20.4 Å². The highest BCUT2D eigenvalue weighted by atomic mass is 16.6. The van der Waals surface area contributed by atoms with Crippen molar-refractivity contribution in [3.05, 3.63) is 12.7 Å². The van der Waals surface area contributed by atoms with E-state index in [1.807, 2.05) is 33.8 Å². The normalized spacial score (nSPS) is 12.7. The van der Waals surface area contributed by atoms with Crippen LogP contribution in [0.5, 0.6) is 0 Å². The number of nitriles is 1. The van der Waals surface area contributed by atoms with Crippen molar-refractivity contribution in [1.82, 2.24) is 14.8 Å². The molecule has 0 amide bonds. The summed E-state index contributed by atoms with van der Waals surface area (Å²) in [5.41, 5.74) is -0.0307. The van der Waals surface area contributed by atoms with E-state index in [0.29, 0.717) is 12.5 Å². The van der Waals surface area contributed by atoms with Gasteiger partial charge in [-0.2, -0.15) is 15.0 Å². The number of hydrogen-bond acceptors (Lipinski definition) is 7. The molecule has 0 aromatic carbocycles. The highest BCUT2D eigenvalue weighted by Crippen LogP contribution is 1.98. The summed E-state index contributed by atoms with van der Waals surface area (Å²) >= 11 is 0. The van der Waals surface area contributed by atoms with E-state index in [0.717, 1.165) is 0 Å². The molecule has 1 heterocycles. The molecule has 0 unspecified atom stereocenters. The van der Waals surface area contributed by atoms with Crippen LogP contribution in [0.1, 0.15) is 27.7 Å². The first-order valence-electron chi connectivity index (χ1n) is 6.23. The Labute approximate surface area is 117 Å².